The van der Waals surface area contributed by atoms with Crippen LogP contribution in [0.2, 0.25) is 10.0 Å². The third-order valence-electron chi connectivity index (χ3n) is 5.50. The highest BCUT2D eigenvalue weighted by molar-refractivity contribution is 6.42. The number of para-hydroxylation sites is 1. The first-order valence-electron chi connectivity index (χ1n) is 10.7. The Morgan fingerprint density at radius 2 is 1.91 bits per heavy atom. The van der Waals surface area contributed by atoms with Crippen LogP contribution in [-0.4, -0.2) is 47.8 Å². The van der Waals surface area contributed by atoms with E-state index >= 15 is 0 Å². The molecule has 5 rings (SSSR count). The Kier molecular flexibility index (Phi) is 6.48. The van der Waals surface area contributed by atoms with Gasteiger partial charge in [0.25, 0.3) is 5.91 Å². The Bertz CT molecular complexity index is 1420. The molecular weight excluding hydrogens is 491 g/mol. The van der Waals surface area contributed by atoms with Crippen molar-refractivity contribution in [2.75, 3.05) is 32.3 Å². The number of nitrogens with zero attached hydrogens (tertiary/aromatic N) is 3. The Balaban J connectivity index is 1.33. The van der Waals surface area contributed by atoms with Crippen LogP contribution in [0, 0.1) is 0 Å². The average molecular weight is 511 g/mol. The van der Waals surface area contributed by atoms with Gasteiger partial charge in [0.2, 0.25) is 0 Å². The third kappa shape index (κ3) is 4.76. The standard InChI is InChI=1S/C25H20Cl2N4O4/c1-33-22-11-17-20(28-13-29-24(17)30-15-6-7-18(26)19(27)10-15)12-23(22)34-9-8-31-14-35-21-5-3-2-4-16(21)25(31)32/h2-7,10-13H,8-9,14H2,1H3,(H,28,29,30). The van der Waals surface area contributed by atoms with E-state index in [0.717, 1.165) is 11.1 Å². The van der Waals surface area contributed by atoms with E-state index in [4.69, 9.17) is 37.4 Å². The van der Waals surface area contributed by atoms with Crippen LogP contribution in [0.1, 0.15) is 10.4 Å². The Labute approximate surface area is 211 Å². The van der Waals surface area contributed by atoms with Gasteiger partial charge in [-0.25, -0.2) is 9.97 Å². The first kappa shape index (κ1) is 23.0. The maximum absolute atomic E-state index is 12.7. The molecule has 0 saturated heterocycles. The van der Waals surface area contributed by atoms with Crippen LogP contribution in [-0.2, 0) is 0 Å². The minimum absolute atomic E-state index is 0.0910. The molecule has 1 amide bonds. The summed E-state index contributed by atoms with van der Waals surface area (Å²) in [5.41, 5.74) is 1.93. The molecule has 0 bridgehead atoms. The molecule has 0 spiro atoms. The number of nitrogens with one attached hydrogen (secondary N) is 1. The number of ether oxygens (including phenoxy) is 3. The van der Waals surface area contributed by atoms with Crippen molar-refractivity contribution in [3.8, 4) is 17.2 Å². The van der Waals surface area contributed by atoms with Crippen molar-refractivity contribution < 1.29 is 19.0 Å². The van der Waals surface area contributed by atoms with Crippen molar-refractivity contribution in [3.63, 3.8) is 0 Å². The lowest BCUT2D eigenvalue weighted by molar-refractivity contribution is 0.0481. The summed E-state index contributed by atoms with van der Waals surface area (Å²) in [6.07, 6.45) is 1.46. The molecule has 0 unspecified atom stereocenters. The smallest absolute Gasteiger partial charge is 0.260 e. The third-order valence-corrected chi connectivity index (χ3v) is 6.24. The summed E-state index contributed by atoms with van der Waals surface area (Å²) in [5, 5.41) is 4.87. The number of benzene rings is 3. The molecule has 1 aliphatic rings. The molecule has 4 aromatic rings. The van der Waals surface area contributed by atoms with Crippen LogP contribution in [0.3, 0.4) is 0 Å². The van der Waals surface area contributed by atoms with Crippen LogP contribution < -0.4 is 19.5 Å². The highest BCUT2D eigenvalue weighted by Crippen LogP contribution is 2.35. The molecule has 0 atom stereocenters. The van der Waals surface area contributed by atoms with Gasteiger partial charge in [-0.3, -0.25) is 4.79 Å². The molecule has 1 aromatic heterocycles. The van der Waals surface area contributed by atoms with E-state index in [1.807, 2.05) is 12.1 Å². The average Bonchev–Trinajstić information content (AvgIpc) is 2.87. The summed E-state index contributed by atoms with van der Waals surface area (Å²) in [5.74, 6) is 2.09. The predicted molar refractivity (Wildman–Crippen MR) is 134 cm³/mol. The summed E-state index contributed by atoms with van der Waals surface area (Å²) in [7, 11) is 1.56. The van der Waals surface area contributed by atoms with Crippen molar-refractivity contribution in [3.05, 3.63) is 76.5 Å². The Morgan fingerprint density at radius 1 is 1.06 bits per heavy atom. The van der Waals surface area contributed by atoms with Gasteiger partial charge in [0.05, 0.1) is 34.8 Å². The van der Waals surface area contributed by atoms with Crippen LogP contribution in [0.15, 0.2) is 60.9 Å². The fraction of sp³-hybridized carbons (Fsp3) is 0.160. The van der Waals surface area contributed by atoms with Gasteiger partial charge in [0.1, 0.15) is 24.5 Å². The van der Waals surface area contributed by atoms with E-state index in [9.17, 15) is 4.79 Å². The second-order valence-electron chi connectivity index (χ2n) is 7.68. The lowest BCUT2D eigenvalue weighted by Crippen LogP contribution is -2.40. The number of rotatable bonds is 7. The van der Waals surface area contributed by atoms with Crippen LogP contribution in [0.4, 0.5) is 11.5 Å². The number of hydrogen-bond acceptors (Lipinski definition) is 7. The number of anilines is 2. The number of halogens is 2. The highest BCUT2D eigenvalue weighted by Gasteiger charge is 2.25. The molecule has 2 heterocycles. The van der Waals surface area contributed by atoms with Crippen molar-refractivity contribution in [2.45, 2.75) is 0 Å². The van der Waals surface area contributed by atoms with Gasteiger partial charge in [0.15, 0.2) is 18.2 Å². The van der Waals surface area contributed by atoms with Crippen molar-refractivity contribution in [1.82, 2.24) is 14.9 Å². The van der Waals surface area contributed by atoms with Gasteiger partial charge in [-0.1, -0.05) is 35.3 Å². The Hall–Kier alpha value is -3.75. The fourth-order valence-electron chi connectivity index (χ4n) is 3.72. The number of methoxy groups -OCH3 is 1. The summed E-state index contributed by atoms with van der Waals surface area (Å²) in [6.45, 7) is 0.770. The van der Waals surface area contributed by atoms with E-state index < -0.39 is 0 Å². The van der Waals surface area contributed by atoms with Gasteiger partial charge in [-0.15, -0.1) is 0 Å². The van der Waals surface area contributed by atoms with Gasteiger partial charge in [0, 0.05) is 17.1 Å². The molecule has 3 aromatic carbocycles. The topological polar surface area (TPSA) is 85.8 Å². The molecule has 0 fully saturated rings. The molecule has 1 aliphatic heterocycles. The van der Waals surface area contributed by atoms with Crippen LogP contribution in [0.25, 0.3) is 10.9 Å². The summed E-state index contributed by atoms with van der Waals surface area (Å²) in [6, 6.07) is 16.0. The minimum atomic E-state index is -0.0910. The zero-order valence-corrected chi connectivity index (χ0v) is 20.1. The van der Waals surface area contributed by atoms with Gasteiger partial charge < -0.3 is 24.4 Å². The second-order valence-corrected chi connectivity index (χ2v) is 8.50. The Morgan fingerprint density at radius 3 is 2.74 bits per heavy atom. The predicted octanol–water partition coefficient (Wildman–Crippen LogP) is 5.56. The lowest BCUT2D eigenvalue weighted by Gasteiger charge is -2.28. The second kappa shape index (κ2) is 9.85. The van der Waals surface area contributed by atoms with Crippen molar-refractivity contribution >= 4 is 51.5 Å². The number of hydrogen-bond donors (Lipinski definition) is 1. The van der Waals surface area contributed by atoms with Gasteiger partial charge >= 0.3 is 0 Å². The number of amides is 1. The van der Waals surface area contributed by atoms with Gasteiger partial charge in [-0.05, 0) is 36.4 Å². The van der Waals surface area contributed by atoms with Gasteiger partial charge in [-0.2, -0.15) is 0 Å². The SMILES string of the molecule is COc1cc2c(Nc3ccc(Cl)c(Cl)c3)ncnc2cc1OCCN1COc2ccccc2C1=O. The largest absolute Gasteiger partial charge is 0.493 e. The minimum Gasteiger partial charge on any atom is -0.493 e. The number of carbonyl (C=O) groups excluding carboxylic acids is 1. The normalized spacial score (nSPS) is 12.8. The molecule has 8 nitrogen and oxygen atoms in total. The summed E-state index contributed by atoms with van der Waals surface area (Å²) < 4.78 is 17.2. The maximum atomic E-state index is 12.7. The van der Waals surface area contributed by atoms with Crippen LogP contribution in [0.5, 0.6) is 17.2 Å². The van der Waals surface area contributed by atoms with E-state index in [-0.39, 0.29) is 19.2 Å². The van der Waals surface area contributed by atoms with Crippen molar-refractivity contribution in [2.24, 2.45) is 0 Å². The molecule has 0 saturated carbocycles. The van der Waals surface area contributed by atoms with E-state index in [2.05, 4.69) is 15.3 Å². The van der Waals surface area contributed by atoms with E-state index in [1.165, 1.54) is 6.33 Å². The quantitative estimate of drug-likeness (QED) is 0.348. The monoisotopic (exact) mass is 510 g/mol. The lowest BCUT2D eigenvalue weighted by atomic mass is 10.1. The highest BCUT2D eigenvalue weighted by atomic mass is 35.5. The maximum Gasteiger partial charge on any atom is 0.260 e. The molecule has 0 aliphatic carbocycles. The zero-order chi connectivity index (χ0) is 24.4. The fourth-order valence-corrected chi connectivity index (χ4v) is 4.02. The molecule has 0 radical (unpaired) electrons. The van der Waals surface area contributed by atoms with Crippen LogP contribution >= 0.6 is 23.2 Å². The first-order valence-corrected chi connectivity index (χ1v) is 11.5. The first-order chi connectivity index (χ1) is 17.0. The molecule has 35 heavy (non-hydrogen) atoms. The number of fused-ring (bicyclic) bond motifs is 2. The summed E-state index contributed by atoms with van der Waals surface area (Å²) >= 11 is 12.1. The molecular formula is C25H20Cl2N4O4. The zero-order valence-electron chi connectivity index (χ0n) is 18.6. The molecule has 178 valence electrons. The number of aromatic nitrogens is 2. The molecule has 10 heteroatoms. The van der Waals surface area contributed by atoms with E-state index in [0.29, 0.717) is 50.7 Å². The van der Waals surface area contributed by atoms with Crippen molar-refractivity contribution in [1.29, 1.82) is 0 Å². The molecule has 1 N–H and O–H groups in total. The number of carbonyl (C=O) groups is 1. The van der Waals surface area contributed by atoms with E-state index in [1.54, 1.807) is 54.5 Å². The summed E-state index contributed by atoms with van der Waals surface area (Å²) in [4.78, 5) is 23.0.